The van der Waals surface area contributed by atoms with Gasteiger partial charge in [-0.15, -0.1) is 0 Å². The minimum atomic E-state index is -0.342. The van der Waals surface area contributed by atoms with Crippen molar-refractivity contribution in [3.05, 3.63) is 11.9 Å². The summed E-state index contributed by atoms with van der Waals surface area (Å²) in [6, 6.07) is -0.251. The molecule has 1 aromatic heterocycles. The molecule has 6 nitrogen and oxygen atoms in total. The Labute approximate surface area is 94.4 Å². The second-order valence-electron chi connectivity index (χ2n) is 3.55. The van der Waals surface area contributed by atoms with Crippen LogP contribution < -0.4 is 11.1 Å². The Balaban J connectivity index is 2.75. The SMILES string of the molecule is CC[C@H](CO)NC(=O)c1nn(CC)cc1N. The maximum atomic E-state index is 11.7. The molecule has 0 saturated heterocycles. The van der Waals surface area contributed by atoms with E-state index in [1.807, 2.05) is 13.8 Å². The van der Waals surface area contributed by atoms with E-state index in [0.717, 1.165) is 0 Å². The van der Waals surface area contributed by atoms with Crippen LogP contribution in [-0.2, 0) is 6.54 Å². The number of hydrogen-bond acceptors (Lipinski definition) is 4. The molecule has 0 saturated carbocycles. The Morgan fingerprint density at radius 3 is 2.81 bits per heavy atom. The number of aliphatic hydroxyl groups excluding tert-OH is 1. The van der Waals surface area contributed by atoms with Crippen LogP contribution >= 0.6 is 0 Å². The average Bonchev–Trinajstić information content (AvgIpc) is 2.67. The van der Waals surface area contributed by atoms with Crippen molar-refractivity contribution < 1.29 is 9.90 Å². The lowest BCUT2D eigenvalue weighted by atomic mass is 10.2. The van der Waals surface area contributed by atoms with Gasteiger partial charge >= 0.3 is 0 Å². The van der Waals surface area contributed by atoms with E-state index in [4.69, 9.17) is 10.8 Å². The lowest BCUT2D eigenvalue weighted by molar-refractivity contribution is 0.0910. The standard InChI is InChI=1S/C10H18N4O2/c1-3-7(6-15)12-10(16)9-8(11)5-14(4-2)13-9/h5,7,15H,3-4,6,11H2,1-2H3,(H,12,16)/t7-/m1/s1. The molecule has 1 amide bonds. The topological polar surface area (TPSA) is 93.2 Å². The number of hydrogen-bond donors (Lipinski definition) is 3. The summed E-state index contributed by atoms with van der Waals surface area (Å²) in [6.45, 7) is 4.37. The maximum Gasteiger partial charge on any atom is 0.274 e. The van der Waals surface area contributed by atoms with Gasteiger partial charge in [0.25, 0.3) is 5.91 Å². The highest BCUT2D eigenvalue weighted by Gasteiger charge is 2.17. The molecule has 4 N–H and O–H groups in total. The minimum Gasteiger partial charge on any atom is -0.396 e. The van der Waals surface area contributed by atoms with Gasteiger partial charge in [0.05, 0.1) is 18.3 Å². The molecule has 1 aromatic rings. The summed E-state index contributed by atoms with van der Waals surface area (Å²) in [4.78, 5) is 11.7. The summed E-state index contributed by atoms with van der Waals surface area (Å²) < 4.78 is 1.60. The van der Waals surface area contributed by atoms with Gasteiger partial charge in [0.15, 0.2) is 5.69 Å². The smallest absolute Gasteiger partial charge is 0.274 e. The molecule has 6 heteroatoms. The highest BCUT2D eigenvalue weighted by atomic mass is 16.3. The van der Waals surface area contributed by atoms with Crippen LogP contribution in [0.4, 0.5) is 5.69 Å². The van der Waals surface area contributed by atoms with Crippen LogP contribution in [0.2, 0.25) is 0 Å². The summed E-state index contributed by atoms with van der Waals surface area (Å²) in [5, 5.41) is 15.7. The zero-order valence-corrected chi connectivity index (χ0v) is 9.60. The van der Waals surface area contributed by atoms with Gasteiger partial charge in [-0.25, -0.2) is 0 Å². The molecular formula is C10H18N4O2. The molecule has 0 radical (unpaired) electrons. The van der Waals surface area contributed by atoms with Crippen LogP contribution in [0, 0.1) is 0 Å². The number of aromatic nitrogens is 2. The number of aliphatic hydroxyl groups is 1. The van der Waals surface area contributed by atoms with Crippen molar-refractivity contribution in [3.63, 3.8) is 0 Å². The molecular weight excluding hydrogens is 208 g/mol. The van der Waals surface area contributed by atoms with E-state index in [2.05, 4.69) is 10.4 Å². The maximum absolute atomic E-state index is 11.7. The van der Waals surface area contributed by atoms with E-state index in [-0.39, 0.29) is 24.2 Å². The predicted molar refractivity (Wildman–Crippen MR) is 60.9 cm³/mol. The van der Waals surface area contributed by atoms with Gasteiger partial charge in [0.1, 0.15) is 0 Å². The highest BCUT2D eigenvalue weighted by molar-refractivity contribution is 5.97. The Bertz CT molecular complexity index is 358. The van der Waals surface area contributed by atoms with Crippen LogP contribution in [-0.4, -0.2) is 33.4 Å². The van der Waals surface area contributed by atoms with Crippen molar-refractivity contribution in [3.8, 4) is 0 Å². The van der Waals surface area contributed by atoms with E-state index in [9.17, 15) is 4.79 Å². The van der Waals surface area contributed by atoms with Crippen molar-refractivity contribution in [2.45, 2.75) is 32.9 Å². The van der Waals surface area contributed by atoms with E-state index in [1.54, 1.807) is 10.9 Å². The first-order chi connectivity index (χ1) is 7.62. The van der Waals surface area contributed by atoms with Crippen LogP contribution in [0.25, 0.3) is 0 Å². The van der Waals surface area contributed by atoms with E-state index >= 15 is 0 Å². The minimum absolute atomic E-state index is 0.0867. The van der Waals surface area contributed by atoms with Crippen molar-refractivity contribution in [1.82, 2.24) is 15.1 Å². The molecule has 0 aliphatic carbocycles. The number of nitrogens with two attached hydrogens (primary N) is 1. The molecule has 1 rings (SSSR count). The van der Waals surface area contributed by atoms with Crippen molar-refractivity contribution in [1.29, 1.82) is 0 Å². The number of nitrogens with one attached hydrogen (secondary N) is 1. The van der Waals surface area contributed by atoms with Gasteiger partial charge in [-0.1, -0.05) is 6.92 Å². The first-order valence-electron chi connectivity index (χ1n) is 5.37. The second kappa shape index (κ2) is 5.50. The largest absolute Gasteiger partial charge is 0.396 e. The molecule has 0 aliphatic heterocycles. The van der Waals surface area contributed by atoms with Gasteiger partial charge in [-0.05, 0) is 13.3 Å². The third kappa shape index (κ3) is 2.73. The van der Waals surface area contributed by atoms with E-state index in [1.165, 1.54) is 0 Å². The Morgan fingerprint density at radius 2 is 2.38 bits per heavy atom. The lowest BCUT2D eigenvalue weighted by Gasteiger charge is -2.12. The Kier molecular flexibility index (Phi) is 4.30. The summed E-state index contributed by atoms with van der Waals surface area (Å²) in [5.41, 5.74) is 6.24. The fraction of sp³-hybridized carbons (Fsp3) is 0.600. The third-order valence-electron chi connectivity index (χ3n) is 2.38. The van der Waals surface area contributed by atoms with Crippen LogP contribution in [0.5, 0.6) is 0 Å². The van der Waals surface area contributed by atoms with Crippen LogP contribution in [0.3, 0.4) is 0 Å². The van der Waals surface area contributed by atoms with Gasteiger partial charge < -0.3 is 16.2 Å². The first kappa shape index (κ1) is 12.5. The van der Waals surface area contributed by atoms with E-state index < -0.39 is 0 Å². The van der Waals surface area contributed by atoms with Gasteiger partial charge in [0, 0.05) is 12.7 Å². The normalized spacial score (nSPS) is 12.4. The van der Waals surface area contributed by atoms with Gasteiger partial charge in [0.2, 0.25) is 0 Å². The molecule has 0 bridgehead atoms. The van der Waals surface area contributed by atoms with Crippen molar-refractivity contribution in [2.24, 2.45) is 0 Å². The quantitative estimate of drug-likeness (QED) is 0.658. The highest BCUT2D eigenvalue weighted by Crippen LogP contribution is 2.09. The number of aryl methyl sites for hydroxylation is 1. The molecule has 1 atom stereocenters. The molecule has 0 aromatic carbocycles. The fourth-order valence-electron chi connectivity index (χ4n) is 1.31. The average molecular weight is 226 g/mol. The summed E-state index contributed by atoms with van der Waals surface area (Å²) >= 11 is 0. The second-order valence-corrected chi connectivity index (χ2v) is 3.55. The van der Waals surface area contributed by atoms with Gasteiger partial charge in [-0.2, -0.15) is 5.10 Å². The predicted octanol–water partition coefficient (Wildman–Crippen LogP) is -0.0141. The molecule has 0 spiro atoms. The Hall–Kier alpha value is -1.56. The Morgan fingerprint density at radius 1 is 1.69 bits per heavy atom. The number of nitrogens with zero attached hydrogens (tertiary/aromatic N) is 2. The van der Waals surface area contributed by atoms with E-state index in [0.29, 0.717) is 18.7 Å². The monoisotopic (exact) mass is 226 g/mol. The first-order valence-corrected chi connectivity index (χ1v) is 5.37. The van der Waals surface area contributed by atoms with Crippen molar-refractivity contribution in [2.75, 3.05) is 12.3 Å². The molecule has 16 heavy (non-hydrogen) atoms. The number of anilines is 1. The number of carbonyl (C=O) groups is 1. The number of nitrogen functional groups attached to an aromatic ring is 1. The molecule has 0 aliphatic rings. The molecule has 0 fully saturated rings. The van der Waals surface area contributed by atoms with Crippen molar-refractivity contribution >= 4 is 11.6 Å². The number of carbonyl (C=O) groups excluding carboxylic acids is 1. The van der Waals surface area contributed by atoms with Crippen LogP contribution in [0.1, 0.15) is 30.8 Å². The molecule has 0 unspecified atom stereocenters. The lowest BCUT2D eigenvalue weighted by Crippen LogP contribution is -2.37. The zero-order valence-electron chi connectivity index (χ0n) is 9.60. The van der Waals surface area contributed by atoms with Crippen LogP contribution in [0.15, 0.2) is 6.20 Å². The number of amides is 1. The zero-order chi connectivity index (χ0) is 12.1. The summed E-state index contributed by atoms with van der Waals surface area (Å²) in [6.07, 6.45) is 2.28. The number of rotatable bonds is 5. The summed E-state index contributed by atoms with van der Waals surface area (Å²) in [7, 11) is 0. The summed E-state index contributed by atoms with van der Waals surface area (Å²) in [5.74, 6) is -0.342. The molecule has 90 valence electrons. The molecule has 1 heterocycles. The van der Waals surface area contributed by atoms with Gasteiger partial charge in [-0.3, -0.25) is 9.48 Å². The fourth-order valence-corrected chi connectivity index (χ4v) is 1.31. The third-order valence-corrected chi connectivity index (χ3v) is 2.38.